The molecule has 0 aliphatic carbocycles. The summed E-state index contributed by atoms with van der Waals surface area (Å²) < 4.78 is 13.6. The van der Waals surface area contributed by atoms with Gasteiger partial charge in [-0.25, -0.2) is 14.4 Å². The molecule has 5 heteroatoms. The molecule has 0 saturated heterocycles. The van der Waals surface area contributed by atoms with Gasteiger partial charge < -0.3 is 10.6 Å². The molecule has 0 bridgehead atoms. The molecule has 0 amide bonds. The second-order valence-corrected chi connectivity index (χ2v) is 4.73. The van der Waals surface area contributed by atoms with Gasteiger partial charge in [0, 0.05) is 12.6 Å². The van der Waals surface area contributed by atoms with Crippen molar-refractivity contribution in [2.45, 2.75) is 6.54 Å². The highest BCUT2D eigenvalue weighted by Gasteiger charge is 2.03. The van der Waals surface area contributed by atoms with Gasteiger partial charge >= 0.3 is 0 Å². The van der Waals surface area contributed by atoms with Crippen LogP contribution in [0.2, 0.25) is 0 Å². The van der Waals surface area contributed by atoms with Crippen LogP contribution in [0.25, 0.3) is 0 Å². The highest BCUT2D eigenvalue weighted by molar-refractivity contribution is 5.59. The fourth-order valence-corrected chi connectivity index (χ4v) is 2.01. The van der Waals surface area contributed by atoms with E-state index < -0.39 is 0 Å². The molecule has 4 nitrogen and oxygen atoms in total. The summed E-state index contributed by atoms with van der Waals surface area (Å²) in [5.74, 6) is 0.897. The third kappa shape index (κ3) is 3.58. The molecule has 1 heterocycles. The van der Waals surface area contributed by atoms with Crippen molar-refractivity contribution >= 4 is 17.3 Å². The van der Waals surface area contributed by atoms with Crippen molar-refractivity contribution in [3.8, 4) is 0 Å². The van der Waals surface area contributed by atoms with E-state index in [0.717, 1.165) is 5.56 Å². The Kier molecular flexibility index (Phi) is 4.25. The Balaban J connectivity index is 1.69. The van der Waals surface area contributed by atoms with Gasteiger partial charge in [0.1, 0.15) is 23.8 Å². The minimum absolute atomic E-state index is 0.320. The SMILES string of the molecule is Fc1ccccc1Nc1cc(NCc2ccccc2)ncn1. The molecule has 0 aliphatic rings. The second-order valence-electron chi connectivity index (χ2n) is 4.73. The molecule has 3 rings (SSSR count). The summed E-state index contributed by atoms with van der Waals surface area (Å²) in [4.78, 5) is 8.26. The molecule has 2 N–H and O–H groups in total. The molecule has 0 spiro atoms. The Labute approximate surface area is 128 Å². The van der Waals surface area contributed by atoms with Crippen LogP contribution in [0.4, 0.5) is 21.7 Å². The zero-order valence-corrected chi connectivity index (χ0v) is 11.8. The number of halogens is 1. The molecule has 3 aromatic rings. The first kappa shape index (κ1) is 14.0. The van der Waals surface area contributed by atoms with Gasteiger partial charge in [0.25, 0.3) is 0 Å². The Hall–Kier alpha value is -2.95. The zero-order chi connectivity index (χ0) is 15.2. The van der Waals surface area contributed by atoms with Crippen molar-refractivity contribution < 1.29 is 4.39 Å². The average Bonchev–Trinajstić information content (AvgIpc) is 2.57. The van der Waals surface area contributed by atoms with Gasteiger partial charge in [-0.15, -0.1) is 0 Å². The maximum absolute atomic E-state index is 13.6. The first-order valence-electron chi connectivity index (χ1n) is 6.93. The van der Waals surface area contributed by atoms with Gasteiger partial charge in [0.05, 0.1) is 5.69 Å². The van der Waals surface area contributed by atoms with Gasteiger partial charge in [-0.2, -0.15) is 0 Å². The van der Waals surface area contributed by atoms with Crippen LogP contribution >= 0.6 is 0 Å². The molecule has 0 radical (unpaired) electrons. The Morgan fingerprint density at radius 1 is 0.864 bits per heavy atom. The normalized spacial score (nSPS) is 10.2. The first-order chi connectivity index (χ1) is 10.8. The van der Waals surface area contributed by atoms with Crippen LogP contribution in [0.3, 0.4) is 0 Å². The van der Waals surface area contributed by atoms with Crippen molar-refractivity contribution in [2.75, 3.05) is 10.6 Å². The van der Waals surface area contributed by atoms with E-state index in [-0.39, 0.29) is 5.82 Å². The third-order valence-electron chi connectivity index (χ3n) is 3.12. The molecular weight excluding hydrogens is 279 g/mol. The number of hydrogen-bond acceptors (Lipinski definition) is 4. The van der Waals surface area contributed by atoms with Crippen LogP contribution in [-0.2, 0) is 6.54 Å². The molecule has 2 aromatic carbocycles. The van der Waals surface area contributed by atoms with Crippen molar-refractivity contribution in [1.82, 2.24) is 9.97 Å². The van der Waals surface area contributed by atoms with Crippen molar-refractivity contribution in [1.29, 1.82) is 0 Å². The highest BCUT2D eigenvalue weighted by atomic mass is 19.1. The standard InChI is InChI=1S/C17H15FN4/c18-14-8-4-5-9-15(14)22-17-10-16(20-12-21-17)19-11-13-6-2-1-3-7-13/h1-10,12H,11H2,(H2,19,20,21,22). The molecule has 1 aromatic heterocycles. The molecule has 0 unspecified atom stereocenters. The number of aromatic nitrogens is 2. The summed E-state index contributed by atoms with van der Waals surface area (Å²) in [7, 11) is 0. The van der Waals surface area contributed by atoms with E-state index in [1.165, 1.54) is 12.4 Å². The van der Waals surface area contributed by atoms with Gasteiger partial charge in [0.15, 0.2) is 0 Å². The topological polar surface area (TPSA) is 49.8 Å². The summed E-state index contributed by atoms with van der Waals surface area (Å²) in [6, 6.07) is 18.2. The smallest absolute Gasteiger partial charge is 0.146 e. The summed E-state index contributed by atoms with van der Waals surface area (Å²) in [5.41, 5.74) is 1.54. The van der Waals surface area contributed by atoms with Gasteiger partial charge in [-0.05, 0) is 17.7 Å². The molecule has 0 saturated carbocycles. The third-order valence-corrected chi connectivity index (χ3v) is 3.12. The van der Waals surface area contributed by atoms with Crippen LogP contribution in [0.15, 0.2) is 67.0 Å². The van der Waals surface area contributed by atoms with E-state index in [4.69, 9.17) is 0 Å². The number of anilines is 3. The van der Waals surface area contributed by atoms with Gasteiger partial charge in [-0.3, -0.25) is 0 Å². The number of para-hydroxylation sites is 1. The minimum Gasteiger partial charge on any atom is -0.366 e. The van der Waals surface area contributed by atoms with Crippen LogP contribution in [0, 0.1) is 5.82 Å². The lowest BCUT2D eigenvalue weighted by atomic mass is 10.2. The quantitative estimate of drug-likeness (QED) is 0.747. The second kappa shape index (κ2) is 6.67. The Bertz CT molecular complexity index is 746. The number of nitrogens with zero attached hydrogens (tertiary/aromatic N) is 2. The largest absolute Gasteiger partial charge is 0.366 e. The van der Waals surface area contributed by atoms with Crippen molar-refractivity contribution in [2.24, 2.45) is 0 Å². The van der Waals surface area contributed by atoms with Crippen LogP contribution in [-0.4, -0.2) is 9.97 Å². The molecular formula is C17H15FN4. The minimum atomic E-state index is -0.320. The Morgan fingerprint density at radius 2 is 1.59 bits per heavy atom. The lowest BCUT2D eigenvalue weighted by Crippen LogP contribution is -2.03. The van der Waals surface area contributed by atoms with E-state index in [9.17, 15) is 4.39 Å². The van der Waals surface area contributed by atoms with Gasteiger partial charge in [-0.1, -0.05) is 42.5 Å². The highest BCUT2D eigenvalue weighted by Crippen LogP contribution is 2.19. The summed E-state index contributed by atoms with van der Waals surface area (Å²) in [5, 5.41) is 6.16. The lowest BCUT2D eigenvalue weighted by Gasteiger charge is -2.09. The summed E-state index contributed by atoms with van der Waals surface area (Å²) in [6.45, 7) is 0.664. The molecule has 0 fully saturated rings. The maximum atomic E-state index is 13.6. The van der Waals surface area contributed by atoms with Crippen molar-refractivity contribution in [3.63, 3.8) is 0 Å². The van der Waals surface area contributed by atoms with Crippen molar-refractivity contribution in [3.05, 3.63) is 78.4 Å². The zero-order valence-electron chi connectivity index (χ0n) is 11.8. The van der Waals surface area contributed by atoms with E-state index in [1.54, 1.807) is 24.3 Å². The molecule has 0 atom stereocenters. The fraction of sp³-hybridized carbons (Fsp3) is 0.0588. The lowest BCUT2D eigenvalue weighted by molar-refractivity contribution is 0.632. The Morgan fingerprint density at radius 3 is 2.41 bits per heavy atom. The van der Waals surface area contributed by atoms with E-state index in [2.05, 4.69) is 20.6 Å². The predicted molar refractivity (Wildman–Crippen MR) is 85.5 cm³/mol. The summed E-state index contributed by atoms with van der Waals surface area (Å²) >= 11 is 0. The van der Waals surface area contributed by atoms with E-state index >= 15 is 0 Å². The maximum Gasteiger partial charge on any atom is 0.146 e. The number of nitrogens with one attached hydrogen (secondary N) is 2. The van der Waals surface area contributed by atoms with E-state index in [1.807, 2.05) is 30.3 Å². The summed E-state index contributed by atoms with van der Waals surface area (Å²) in [6.07, 6.45) is 1.44. The van der Waals surface area contributed by atoms with Crippen LogP contribution in [0.1, 0.15) is 5.56 Å². The monoisotopic (exact) mass is 294 g/mol. The predicted octanol–water partition coefficient (Wildman–Crippen LogP) is 3.97. The number of rotatable bonds is 5. The molecule has 0 aliphatic heterocycles. The fourth-order valence-electron chi connectivity index (χ4n) is 2.01. The first-order valence-corrected chi connectivity index (χ1v) is 6.93. The average molecular weight is 294 g/mol. The van der Waals surface area contributed by atoms with Gasteiger partial charge in [0.2, 0.25) is 0 Å². The van der Waals surface area contributed by atoms with Crippen LogP contribution < -0.4 is 10.6 Å². The molecule has 110 valence electrons. The number of hydrogen-bond donors (Lipinski definition) is 2. The van der Waals surface area contributed by atoms with E-state index in [0.29, 0.717) is 23.9 Å². The van der Waals surface area contributed by atoms with Crippen LogP contribution in [0.5, 0.6) is 0 Å². The molecule has 22 heavy (non-hydrogen) atoms. The number of benzene rings is 2.